The molecular formula is C18H28N2. The molecule has 1 aliphatic heterocycles. The van der Waals surface area contributed by atoms with Gasteiger partial charge in [0.2, 0.25) is 0 Å². The van der Waals surface area contributed by atoms with Gasteiger partial charge >= 0.3 is 0 Å². The fourth-order valence-corrected chi connectivity index (χ4v) is 3.72. The molecule has 2 heteroatoms. The van der Waals surface area contributed by atoms with Crippen molar-refractivity contribution >= 4 is 0 Å². The summed E-state index contributed by atoms with van der Waals surface area (Å²) in [6.45, 7) is 6.88. The quantitative estimate of drug-likeness (QED) is 0.894. The molecule has 1 aromatic rings. The van der Waals surface area contributed by atoms with Gasteiger partial charge in [0.05, 0.1) is 0 Å². The molecule has 0 aromatic heterocycles. The molecule has 1 heterocycles. The molecule has 2 unspecified atom stereocenters. The van der Waals surface area contributed by atoms with E-state index in [0.717, 1.165) is 5.92 Å². The van der Waals surface area contributed by atoms with Crippen molar-refractivity contribution in [3.8, 4) is 0 Å². The third kappa shape index (κ3) is 2.91. The van der Waals surface area contributed by atoms with Crippen LogP contribution in [0, 0.1) is 6.92 Å². The van der Waals surface area contributed by atoms with E-state index in [0.29, 0.717) is 18.1 Å². The highest BCUT2D eigenvalue weighted by atomic mass is 15.5. The van der Waals surface area contributed by atoms with Gasteiger partial charge < -0.3 is 0 Å². The first-order chi connectivity index (χ1) is 9.63. The summed E-state index contributed by atoms with van der Waals surface area (Å²) in [5, 5.41) is 2.53. The minimum absolute atomic E-state index is 0.685. The second-order valence-corrected chi connectivity index (χ2v) is 6.94. The Hall–Kier alpha value is -0.860. The second-order valence-electron chi connectivity index (χ2n) is 6.94. The Kier molecular flexibility index (Phi) is 4.13. The zero-order valence-corrected chi connectivity index (χ0v) is 13.1. The molecule has 1 saturated heterocycles. The molecule has 2 fully saturated rings. The monoisotopic (exact) mass is 272 g/mol. The lowest BCUT2D eigenvalue weighted by atomic mass is 9.76. The van der Waals surface area contributed by atoms with Gasteiger partial charge in [0, 0.05) is 18.1 Å². The number of hydrazine groups is 1. The Morgan fingerprint density at radius 2 is 1.60 bits per heavy atom. The highest BCUT2D eigenvalue weighted by Gasteiger charge is 2.34. The van der Waals surface area contributed by atoms with Crippen LogP contribution in [0.1, 0.15) is 63.0 Å². The van der Waals surface area contributed by atoms with Crippen LogP contribution in [0.2, 0.25) is 0 Å². The summed E-state index contributed by atoms with van der Waals surface area (Å²) < 4.78 is 0. The van der Waals surface area contributed by atoms with E-state index in [1.807, 2.05) is 0 Å². The third-order valence-corrected chi connectivity index (χ3v) is 5.21. The van der Waals surface area contributed by atoms with Crippen molar-refractivity contribution < 1.29 is 0 Å². The average molecular weight is 272 g/mol. The number of nitrogens with zero attached hydrogens (tertiary/aromatic N) is 1. The van der Waals surface area contributed by atoms with Gasteiger partial charge in [-0.15, -0.1) is 0 Å². The Balaban J connectivity index is 1.51. The Morgan fingerprint density at radius 3 is 2.20 bits per heavy atom. The Bertz CT molecular complexity index is 423. The van der Waals surface area contributed by atoms with Crippen molar-refractivity contribution in [1.29, 1.82) is 0 Å². The summed E-state index contributed by atoms with van der Waals surface area (Å²) in [7, 11) is 0. The zero-order valence-electron chi connectivity index (χ0n) is 13.1. The maximum absolute atomic E-state index is 3.80. The number of aryl methyl sites for hydroxylation is 1. The lowest BCUT2D eigenvalue weighted by molar-refractivity contribution is 0.0107. The van der Waals surface area contributed by atoms with Crippen molar-refractivity contribution in [2.24, 2.45) is 0 Å². The normalized spacial score (nSPS) is 34.8. The van der Waals surface area contributed by atoms with Crippen LogP contribution in [0.5, 0.6) is 0 Å². The van der Waals surface area contributed by atoms with Crippen LogP contribution in [-0.4, -0.2) is 23.1 Å². The number of piperidine rings is 1. The van der Waals surface area contributed by atoms with E-state index in [9.17, 15) is 0 Å². The minimum Gasteiger partial charge on any atom is -0.252 e. The molecule has 0 amide bonds. The van der Waals surface area contributed by atoms with Crippen molar-refractivity contribution in [3.05, 3.63) is 35.4 Å². The fraction of sp³-hybridized carbons (Fsp3) is 0.667. The van der Waals surface area contributed by atoms with Gasteiger partial charge in [0.25, 0.3) is 0 Å². The van der Waals surface area contributed by atoms with E-state index in [-0.39, 0.29) is 0 Å². The van der Waals surface area contributed by atoms with E-state index in [4.69, 9.17) is 0 Å². The van der Waals surface area contributed by atoms with Crippen LogP contribution in [-0.2, 0) is 0 Å². The molecule has 20 heavy (non-hydrogen) atoms. The number of hydrogen-bond acceptors (Lipinski definition) is 2. The molecule has 0 radical (unpaired) electrons. The first-order valence-electron chi connectivity index (χ1n) is 8.24. The summed E-state index contributed by atoms with van der Waals surface area (Å²) in [6.07, 6.45) is 6.64. The van der Waals surface area contributed by atoms with Gasteiger partial charge in [0.15, 0.2) is 0 Å². The summed E-state index contributed by atoms with van der Waals surface area (Å²) in [5.74, 6) is 0.767. The molecule has 1 aromatic carbocycles. The van der Waals surface area contributed by atoms with Crippen molar-refractivity contribution in [1.82, 2.24) is 10.4 Å². The molecule has 0 bridgehead atoms. The maximum atomic E-state index is 3.80. The van der Waals surface area contributed by atoms with Crippen molar-refractivity contribution in [2.75, 3.05) is 0 Å². The predicted molar refractivity (Wildman–Crippen MR) is 84.7 cm³/mol. The maximum Gasteiger partial charge on any atom is 0.0227 e. The standard InChI is InChI=1S/C18H28N2/c1-13-7-9-16(10-8-13)17-11-18(12-17)19-20-14(2)5-4-6-15(20)3/h7-10,14-15,17-19H,4-6,11-12H2,1-3H3. The third-order valence-electron chi connectivity index (χ3n) is 5.21. The summed E-state index contributed by atoms with van der Waals surface area (Å²) in [4.78, 5) is 0. The Morgan fingerprint density at radius 1 is 1.00 bits per heavy atom. The van der Waals surface area contributed by atoms with Gasteiger partial charge in [-0.25, -0.2) is 5.01 Å². The minimum atomic E-state index is 0.685. The molecule has 0 spiro atoms. The Labute approximate surface area is 123 Å². The van der Waals surface area contributed by atoms with Crippen LogP contribution >= 0.6 is 0 Å². The van der Waals surface area contributed by atoms with E-state index >= 15 is 0 Å². The average Bonchev–Trinajstić information content (AvgIpc) is 2.38. The molecule has 110 valence electrons. The highest BCUT2D eigenvalue weighted by Crippen LogP contribution is 2.37. The number of hydrogen-bond donors (Lipinski definition) is 1. The summed E-state index contributed by atoms with van der Waals surface area (Å²) in [6, 6.07) is 11.2. The zero-order chi connectivity index (χ0) is 14.1. The number of nitrogens with one attached hydrogen (secondary N) is 1. The smallest absolute Gasteiger partial charge is 0.0227 e. The lowest BCUT2D eigenvalue weighted by Crippen LogP contribution is -2.57. The molecular weight excluding hydrogens is 244 g/mol. The fourth-order valence-electron chi connectivity index (χ4n) is 3.72. The summed E-state index contributed by atoms with van der Waals surface area (Å²) >= 11 is 0. The SMILES string of the molecule is Cc1ccc(C2CC(NN3C(C)CCCC3C)C2)cc1. The van der Waals surface area contributed by atoms with Gasteiger partial charge in [-0.1, -0.05) is 36.2 Å². The predicted octanol–water partition coefficient (Wildman–Crippen LogP) is 4.01. The number of rotatable bonds is 3. The van der Waals surface area contributed by atoms with Crippen LogP contribution in [0.25, 0.3) is 0 Å². The van der Waals surface area contributed by atoms with E-state index in [1.54, 1.807) is 0 Å². The molecule has 1 aliphatic carbocycles. The summed E-state index contributed by atoms with van der Waals surface area (Å²) in [5.41, 5.74) is 6.68. The molecule has 3 rings (SSSR count). The molecule has 2 atom stereocenters. The molecule has 1 N–H and O–H groups in total. The highest BCUT2D eigenvalue weighted by molar-refractivity contribution is 5.26. The van der Waals surface area contributed by atoms with Gasteiger partial charge in [-0.05, 0) is 57.9 Å². The second kappa shape index (κ2) is 5.87. The van der Waals surface area contributed by atoms with E-state index in [2.05, 4.69) is 55.5 Å². The van der Waals surface area contributed by atoms with Gasteiger partial charge in [0.1, 0.15) is 0 Å². The van der Waals surface area contributed by atoms with E-state index < -0.39 is 0 Å². The number of benzene rings is 1. The van der Waals surface area contributed by atoms with Crippen molar-refractivity contribution in [3.63, 3.8) is 0 Å². The molecule has 2 aliphatic rings. The van der Waals surface area contributed by atoms with Gasteiger partial charge in [-0.2, -0.15) is 0 Å². The van der Waals surface area contributed by atoms with Crippen LogP contribution in [0.4, 0.5) is 0 Å². The van der Waals surface area contributed by atoms with Crippen LogP contribution < -0.4 is 5.43 Å². The first kappa shape index (κ1) is 14.1. The lowest BCUT2D eigenvalue weighted by Gasteiger charge is -2.46. The van der Waals surface area contributed by atoms with Crippen molar-refractivity contribution in [2.45, 2.75) is 76.9 Å². The van der Waals surface area contributed by atoms with Gasteiger partial charge in [-0.3, -0.25) is 5.43 Å². The molecule has 2 nitrogen and oxygen atoms in total. The first-order valence-corrected chi connectivity index (χ1v) is 8.24. The van der Waals surface area contributed by atoms with Crippen LogP contribution in [0.15, 0.2) is 24.3 Å². The topological polar surface area (TPSA) is 15.3 Å². The van der Waals surface area contributed by atoms with Crippen LogP contribution in [0.3, 0.4) is 0 Å². The van der Waals surface area contributed by atoms with E-state index in [1.165, 1.54) is 43.2 Å². The molecule has 1 saturated carbocycles. The largest absolute Gasteiger partial charge is 0.252 e.